The van der Waals surface area contributed by atoms with Crippen molar-refractivity contribution >= 4 is 12.1 Å². The molecule has 116 valence electrons. The molecule has 0 aromatic heterocycles. The van der Waals surface area contributed by atoms with E-state index < -0.39 is 28.6 Å². The zero-order valence-electron chi connectivity index (χ0n) is 12.9. The SMILES string of the molecule is CC(C)(C)OC(=O)NC1(C(C)(C)CC(=O)O)CCOC1. The highest BCUT2D eigenvalue weighted by molar-refractivity contribution is 5.71. The third-order valence-electron chi connectivity index (χ3n) is 3.65. The normalized spacial score (nSPS) is 23.4. The zero-order valence-corrected chi connectivity index (χ0v) is 12.9. The van der Waals surface area contributed by atoms with E-state index in [0.717, 1.165) is 0 Å². The molecule has 1 heterocycles. The summed E-state index contributed by atoms with van der Waals surface area (Å²) in [5.41, 5.74) is -1.94. The Morgan fingerprint density at radius 3 is 2.30 bits per heavy atom. The molecule has 0 aromatic carbocycles. The largest absolute Gasteiger partial charge is 0.481 e. The number of carbonyl (C=O) groups excluding carboxylic acids is 1. The fourth-order valence-electron chi connectivity index (χ4n) is 2.41. The van der Waals surface area contributed by atoms with Gasteiger partial charge in [-0.3, -0.25) is 4.79 Å². The predicted molar refractivity (Wildman–Crippen MR) is 73.6 cm³/mol. The van der Waals surface area contributed by atoms with Gasteiger partial charge in [0.1, 0.15) is 5.60 Å². The summed E-state index contributed by atoms with van der Waals surface area (Å²) in [5.74, 6) is -0.896. The van der Waals surface area contributed by atoms with E-state index in [2.05, 4.69) is 5.32 Å². The van der Waals surface area contributed by atoms with Crippen LogP contribution in [0.2, 0.25) is 0 Å². The molecule has 0 bridgehead atoms. The van der Waals surface area contributed by atoms with Gasteiger partial charge in [0.2, 0.25) is 0 Å². The molecule has 20 heavy (non-hydrogen) atoms. The quantitative estimate of drug-likeness (QED) is 0.827. The summed E-state index contributed by atoms with van der Waals surface area (Å²) in [6.07, 6.45) is -0.0138. The van der Waals surface area contributed by atoms with Gasteiger partial charge in [-0.05, 0) is 27.2 Å². The summed E-state index contributed by atoms with van der Waals surface area (Å²) in [4.78, 5) is 23.1. The van der Waals surface area contributed by atoms with Crippen LogP contribution >= 0.6 is 0 Å². The van der Waals surface area contributed by atoms with Crippen LogP contribution in [-0.2, 0) is 14.3 Å². The van der Waals surface area contributed by atoms with Crippen LogP contribution in [0.1, 0.15) is 47.5 Å². The van der Waals surface area contributed by atoms with Crippen molar-refractivity contribution < 1.29 is 24.2 Å². The molecule has 0 saturated carbocycles. The zero-order chi connectivity index (χ0) is 15.6. The molecule has 0 aliphatic carbocycles. The van der Waals surface area contributed by atoms with Crippen molar-refractivity contribution in [1.82, 2.24) is 5.32 Å². The summed E-state index contributed by atoms with van der Waals surface area (Å²) < 4.78 is 10.7. The number of alkyl carbamates (subject to hydrolysis) is 1. The van der Waals surface area contributed by atoms with E-state index in [4.69, 9.17) is 14.6 Å². The molecule has 1 atom stereocenters. The van der Waals surface area contributed by atoms with Crippen molar-refractivity contribution in [2.75, 3.05) is 13.2 Å². The van der Waals surface area contributed by atoms with Crippen molar-refractivity contribution in [1.29, 1.82) is 0 Å². The van der Waals surface area contributed by atoms with E-state index in [1.807, 2.05) is 13.8 Å². The minimum Gasteiger partial charge on any atom is -0.481 e. The average Bonchev–Trinajstić information content (AvgIpc) is 2.62. The van der Waals surface area contributed by atoms with Gasteiger partial charge in [0, 0.05) is 12.0 Å². The number of carboxylic acids is 1. The van der Waals surface area contributed by atoms with Crippen molar-refractivity contribution in [2.45, 2.75) is 58.6 Å². The lowest BCUT2D eigenvalue weighted by atomic mass is 9.69. The van der Waals surface area contributed by atoms with Gasteiger partial charge in [-0.25, -0.2) is 4.79 Å². The Bertz CT molecular complexity index is 378. The second-order valence-electron chi connectivity index (χ2n) is 6.97. The maximum absolute atomic E-state index is 12.0. The van der Waals surface area contributed by atoms with Gasteiger partial charge in [-0.15, -0.1) is 0 Å². The Balaban J connectivity index is 2.87. The van der Waals surface area contributed by atoms with Crippen LogP contribution in [0.15, 0.2) is 0 Å². The smallest absolute Gasteiger partial charge is 0.408 e. The molecular weight excluding hydrogens is 262 g/mol. The van der Waals surface area contributed by atoms with E-state index in [1.54, 1.807) is 20.8 Å². The molecule has 1 amide bonds. The number of rotatable bonds is 4. The molecule has 0 aromatic rings. The maximum Gasteiger partial charge on any atom is 0.408 e. The number of carboxylic acid groups (broad SMARTS) is 1. The van der Waals surface area contributed by atoms with Crippen LogP contribution in [0.5, 0.6) is 0 Å². The van der Waals surface area contributed by atoms with Crippen molar-refractivity contribution in [2.24, 2.45) is 5.41 Å². The summed E-state index contributed by atoms with van der Waals surface area (Å²) in [5, 5.41) is 11.9. The summed E-state index contributed by atoms with van der Waals surface area (Å²) in [7, 11) is 0. The number of carbonyl (C=O) groups is 2. The molecule has 6 heteroatoms. The topological polar surface area (TPSA) is 84.9 Å². The standard InChI is InChI=1S/C14H25NO5/c1-12(2,3)20-11(18)15-14(6-7-19-9-14)13(4,5)8-10(16)17/h6-9H2,1-5H3,(H,15,18)(H,16,17). The highest BCUT2D eigenvalue weighted by Crippen LogP contribution is 2.40. The Morgan fingerprint density at radius 2 is 1.90 bits per heavy atom. The van der Waals surface area contributed by atoms with Crippen LogP contribution in [-0.4, -0.2) is 41.5 Å². The van der Waals surface area contributed by atoms with Crippen molar-refractivity contribution in [3.05, 3.63) is 0 Å². The third kappa shape index (κ3) is 4.10. The van der Waals surface area contributed by atoms with E-state index in [1.165, 1.54) is 0 Å². The number of ether oxygens (including phenoxy) is 2. The highest BCUT2D eigenvalue weighted by Gasteiger charge is 2.50. The van der Waals surface area contributed by atoms with Gasteiger partial charge < -0.3 is 19.9 Å². The molecule has 1 rings (SSSR count). The predicted octanol–water partition coefficient (Wildman–Crippen LogP) is 2.17. The van der Waals surface area contributed by atoms with Gasteiger partial charge in [0.25, 0.3) is 0 Å². The number of nitrogens with one attached hydrogen (secondary N) is 1. The van der Waals surface area contributed by atoms with Crippen LogP contribution in [0.25, 0.3) is 0 Å². The number of aliphatic carboxylic acids is 1. The maximum atomic E-state index is 12.0. The fourth-order valence-corrected chi connectivity index (χ4v) is 2.41. The molecule has 1 fully saturated rings. The summed E-state index contributed by atoms with van der Waals surface area (Å²) >= 11 is 0. The van der Waals surface area contributed by atoms with Crippen LogP contribution in [0.4, 0.5) is 4.79 Å². The number of hydrogen-bond acceptors (Lipinski definition) is 4. The number of hydrogen-bond donors (Lipinski definition) is 2. The fraction of sp³-hybridized carbons (Fsp3) is 0.857. The van der Waals surface area contributed by atoms with Gasteiger partial charge in [-0.2, -0.15) is 0 Å². The molecule has 1 unspecified atom stereocenters. The van der Waals surface area contributed by atoms with E-state index >= 15 is 0 Å². The Kier molecular flexibility index (Phi) is 4.69. The van der Waals surface area contributed by atoms with Crippen LogP contribution in [0.3, 0.4) is 0 Å². The number of amides is 1. The lowest BCUT2D eigenvalue weighted by molar-refractivity contribution is -0.140. The molecule has 2 N–H and O–H groups in total. The first-order valence-corrected chi connectivity index (χ1v) is 6.78. The molecule has 0 radical (unpaired) electrons. The molecule has 1 saturated heterocycles. The first-order chi connectivity index (χ1) is 8.97. The monoisotopic (exact) mass is 287 g/mol. The second kappa shape index (κ2) is 5.60. The van der Waals surface area contributed by atoms with Crippen molar-refractivity contribution in [3.8, 4) is 0 Å². The molecule has 1 aliphatic rings. The summed E-state index contributed by atoms with van der Waals surface area (Å²) in [6.45, 7) is 9.80. The van der Waals surface area contributed by atoms with Gasteiger partial charge in [-0.1, -0.05) is 13.8 Å². The van der Waals surface area contributed by atoms with Gasteiger partial charge >= 0.3 is 12.1 Å². The minimum absolute atomic E-state index is 0.0494. The van der Waals surface area contributed by atoms with E-state index in [9.17, 15) is 9.59 Å². The van der Waals surface area contributed by atoms with E-state index in [-0.39, 0.29) is 6.42 Å². The van der Waals surface area contributed by atoms with Gasteiger partial charge in [0.15, 0.2) is 0 Å². The Hall–Kier alpha value is -1.30. The lowest BCUT2D eigenvalue weighted by Gasteiger charge is -2.43. The highest BCUT2D eigenvalue weighted by atomic mass is 16.6. The average molecular weight is 287 g/mol. The molecule has 6 nitrogen and oxygen atoms in total. The Labute approximate surface area is 119 Å². The minimum atomic E-state index is -0.896. The Morgan fingerprint density at radius 1 is 1.30 bits per heavy atom. The first kappa shape index (κ1) is 16.8. The van der Waals surface area contributed by atoms with Gasteiger partial charge in [0.05, 0.1) is 18.6 Å². The van der Waals surface area contributed by atoms with Crippen LogP contribution < -0.4 is 5.32 Å². The third-order valence-corrected chi connectivity index (χ3v) is 3.65. The lowest BCUT2D eigenvalue weighted by Crippen LogP contribution is -2.60. The summed E-state index contributed by atoms with van der Waals surface area (Å²) in [6, 6.07) is 0. The first-order valence-electron chi connectivity index (χ1n) is 6.78. The van der Waals surface area contributed by atoms with E-state index in [0.29, 0.717) is 19.6 Å². The molecule has 1 aliphatic heterocycles. The molecular formula is C14H25NO5. The van der Waals surface area contributed by atoms with Crippen molar-refractivity contribution in [3.63, 3.8) is 0 Å². The van der Waals surface area contributed by atoms with Crippen LogP contribution in [0, 0.1) is 5.41 Å². The second-order valence-corrected chi connectivity index (χ2v) is 6.97. The molecule has 0 spiro atoms.